The fourth-order valence-corrected chi connectivity index (χ4v) is 3.41. The molecule has 0 saturated carbocycles. The van der Waals surface area contributed by atoms with Crippen LogP contribution in [0.4, 0.5) is 10.5 Å². The molecule has 7 heteroatoms. The van der Waals surface area contributed by atoms with Gasteiger partial charge >= 0.3 is 6.03 Å². The van der Waals surface area contributed by atoms with E-state index in [1.165, 1.54) is 5.56 Å². The topological polar surface area (TPSA) is 87.3 Å². The van der Waals surface area contributed by atoms with Gasteiger partial charge in [0.15, 0.2) is 0 Å². The molecule has 1 heterocycles. The molecule has 3 rings (SSSR count). The first-order chi connectivity index (χ1) is 13.4. The predicted octanol–water partition coefficient (Wildman–Crippen LogP) is 3.86. The number of aryl methyl sites for hydroxylation is 1. The third kappa shape index (κ3) is 4.78. The first-order valence-corrected chi connectivity index (χ1v) is 9.94. The molecule has 2 aromatic carbocycles. The average Bonchev–Trinajstić information content (AvgIpc) is 2.93. The van der Waals surface area contributed by atoms with Gasteiger partial charge in [0.1, 0.15) is 5.54 Å². The van der Waals surface area contributed by atoms with Gasteiger partial charge in [0.25, 0.3) is 5.91 Å². The highest BCUT2D eigenvalue weighted by molar-refractivity contribution is 9.10. The Morgan fingerprint density at radius 3 is 2.54 bits per heavy atom. The Morgan fingerprint density at radius 2 is 1.86 bits per heavy atom. The Hall–Kier alpha value is -2.67. The summed E-state index contributed by atoms with van der Waals surface area (Å²) in [6, 6.07) is 14.6. The highest BCUT2D eigenvalue weighted by Crippen LogP contribution is 2.26. The molecule has 0 aromatic heterocycles. The second kappa shape index (κ2) is 8.56. The fraction of sp³-hybridized carbons (Fsp3) is 0.286. The minimum atomic E-state index is -1.14. The van der Waals surface area contributed by atoms with Crippen molar-refractivity contribution >= 4 is 39.5 Å². The number of unbranched alkanes of at least 4 members (excludes halogenated alkanes) is 1. The van der Waals surface area contributed by atoms with Crippen LogP contribution >= 0.6 is 15.9 Å². The molecule has 1 aliphatic heterocycles. The van der Waals surface area contributed by atoms with Crippen molar-refractivity contribution in [3.8, 4) is 0 Å². The molecule has 146 valence electrons. The normalized spacial score (nSPS) is 18.5. The zero-order valence-electron chi connectivity index (χ0n) is 15.5. The lowest BCUT2D eigenvalue weighted by Gasteiger charge is -2.21. The number of rotatable bonds is 7. The van der Waals surface area contributed by atoms with Crippen molar-refractivity contribution in [2.24, 2.45) is 0 Å². The fourth-order valence-electron chi connectivity index (χ4n) is 3.14. The highest BCUT2D eigenvalue weighted by Gasteiger charge is 2.43. The number of benzene rings is 2. The van der Waals surface area contributed by atoms with E-state index in [-0.39, 0.29) is 5.91 Å². The lowest BCUT2D eigenvalue weighted by atomic mass is 9.92. The predicted molar refractivity (Wildman–Crippen MR) is 111 cm³/mol. The molecule has 28 heavy (non-hydrogen) atoms. The van der Waals surface area contributed by atoms with Gasteiger partial charge in [-0.2, -0.15) is 0 Å². The number of carbonyl (C=O) groups excluding carboxylic acids is 3. The van der Waals surface area contributed by atoms with E-state index in [4.69, 9.17) is 0 Å². The van der Waals surface area contributed by atoms with Gasteiger partial charge in [-0.15, -0.1) is 0 Å². The summed E-state index contributed by atoms with van der Waals surface area (Å²) >= 11 is 3.42. The van der Waals surface area contributed by atoms with Crippen LogP contribution in [0.5, 0.6) is 0 Å². The summed E-state index contributed by atoms with van der Waals surface area (Å²) in [6.07, 6.45) is 3.08. The molecule has 0 bridgehead atoms. The molecule has 2 aromatic rings. The number of nitrogens with one attached hydrogen (secondary N) is 3. The van der Waals surface area contributed by atoms with Gasteiger partial charge in [0, 0.05) is 16.6 Å². The van der Waals surface area contributed by atoms with E-state index in [9.17, 15) is 14.4 Å². The van der Waals surface area contributed by atoms with Crippen LogP contribution in [0.25, 0.3) is 0 Å². The minimum absolute atomic E-state index is 0.0713. The van der Waals surface area contributed by atoms with Gasteiger partial charge in [-0.25, -0.2) is 4.79 Å². The van der Waals surface area contributed by atoms with Crippen LogP contribution in [0, 0.1) is 0 Å². The summed E-state index contributed by atoms with van der Waals surface area (Å²) in [5.74, 6) is -0.480. The Balaban J connectivity index is 1.51. The van der Waals surface area contributed by atoms with Crippen molar-refractivity contribution in [1.82, 2.24) is 10.6 Å². The molecule has 1 saturated heterocycles. The van der Waals surface area contributed by atoms with Gasteiger partial charge in [-0.05, 0) is 61.6 Å². The standard InChI is InChI=1S/C21H22BrN3O3/c1-21(19(27)24-20(28)25-21)15-6-4-7-17(13-15)23-18(26)8-3-2-5-14-9-11-16(22)12-10-14/h4,6-7,9-13H,2-3,5,8H2,1H3,(H,23,26)(H2,24,25,27,28). The van der Waals surface area contributed by atoms with E-state index < -0.39 is 17.5 Å². The molecular formula is C21H22BrN3O3. The van der Waals surface area contributed by atoms with Crippen LogP contribution in [0.15, 0.2) is 53.0 Å². The SMILES string of the molecule is CC1(c2cccc(NC(=O)CCCCc3ccc(Br)cc3)c2)NC(=O)NC1=O. The minimum Gasteiger partial charge on any atom is -0.326 e. The first-order valence-electron chi connectivity index (χ1n) is 9.15. The van der Waals surface area contributed by atoms with Crippen LogP contribution in [-0.4, -0.2) is 17.8 Å². The maximum absolute atomic E-state index is 12.2. The molecular weight excluding hydrogens is 422 g/mol. The summed E-state index contributed by atoms with van der Waals surface area (Å²) in [4.78, 5) is 35.8. The van der Waals surface area contributed by atoms with E-state index >= 15 is 0 Å². The number of carbonyl (C=O) groups is 3. The second-order valence-electron chi connectivity index (χ2n) is 7.00. The Kier molecular flexibility index (Phi) is 6.14. The largest absolute Gasteiger partial charge is 0.326 e. The highest BCUT2D eigenvalue weighted by atomic mass is 79.9. The molecule has 1 aliphatic rings. The molecule has 1 unspecified atom stereocenters. The van der Waals surface area contributed by atoms with Gasteiger partial charge < -0.3 is 10.6 Å². The zero-order valence-corrected chi connectivity index (χ0v) is 17.1. The van der Waals surface area contributed by atoms with Crippen molar-refractivity contribution in [3.63, 3.8) is 0 Å². The number of anilines is 1. The lowest BCUT2D eigenvalue weighted by Crippen LogP contribution is -2.40. The number of amides is 4. The molecule has 4 amide bonds. The molecule has 0 aliphatic carbocycles. The molecule has 0 radical (unpaired) electrons. The van der Waals surface area contributed by atoms with Crippen LogP contribution in [0.2, 0.25) is 0 Å². The third-order valence-electron chi connectivity index (χ3n) is 4.80. The van der Waals surface area contributed by atoms with Crippen molar-refractivity contribution in [2.45, 2.75) is 38.1 Å². The van der Waals surface area contributed by atoms with Crippen LogP contribution in [0.3, 0.4) is 0 Å². The smallest absolute Gasteiger partial charge is 0.322 e. The van der Waals surface area contributed by atoms with Crippen molar-refractivity contribution in [1.29, 1.82) is 0 Å². The van der Waals surface area contributed by atoms with Crippen LogP contribution < -0.4 is 16.0 Å². The van der Waals surface area contributed by atoms with Gasteiger partial charge in [0.05, 0.1) is 0 Å². The lowest BCUT2D eigenvalue weighted by molar-refractivity contribution is -0.123. The maximum atomic E-state index is 12.2. The third-order valence-corrected chi connectivity index (χ3v) is 5.33. The monoisotopic (exact) mass is 443 g/mol. The van der Waals surface area contributed by atoms with Gasteiger partial charge in [0.2, 0.25) is 5.91 Å². The molecule has 3 N–H and O–H groups in total. The van der Waals surface area contributed by atoms with E-state index in [0.29, 0.717) is 17.7 Å². The number of urea groups is 1. The quantitative estimate of drug-likeness (QED) is 0.448. The Morgan fingerprint density at radius 1 is 1.11 bits per heavy atom. The Labute approximate surface area is 172 Å². The van der Waals surface area contributed by atoms with Crippen LogP contribution in [-0.2, 0) is 21.5 Å². The van der Waals surface area contributed by atoms with E-state index in [0.717, 1.165) is 23.7 Å². The molecule has 0 spiro atoms. The number of imide groups is 1. The maximum Gasteiger partial charge on any atom is 0.322 e. The van der Waals surface area contributed by atoms with Gasteiger partial charge in [-0.1, -0.05) is 40.2 Å². The van der Waals surface area contributed by atoms with E-state index in [1.54, 1.807) is 31.2 Å². The van der Waals surface area contributed by atoms with Crippen LogP contribution in [0.1, 0.15) is 37.3 Å². The van der Waals surface area contributed by atoms with Crippen molar-refractivity contribution in [2.75, 3.05) is 5.32 Å². The number of hydrogen-bond donors (Lipinski definition) is 3. The summed E-state index contributed by atoms with van der Waals surface area (Å²) in [7, 11) is 0. The molecule has 1 fully saturated rings. The summed E-state index contributed by atoms with van der Waals surface area (Å²) in [6.45, 7) is 1.64. The summed E-state index contributed by atoms with van der Waals surface area (Å²) < 4.78 is 1.06. The van der Waals surface area contributed by atoms with Crippen molar-refractivity contribution < 1.29 is 14.4 Å². The Bertz CT molecular complexity index is 898. The summed E-state index contributed by atoms with van der Waals surface area (Å²) in [5.41, 5.74) is 1.33. The van der Waals surface area contributed by atoms with Crippen molar-refractivity contribution in [3.05, 3.63) is 64.1 Å². The summed E-state index contributed by atoms with van der Waals surface area (Å²) in [5, 5.41) is 7.73. The first kappa shape index (κ1) is 20.1. The zero-order chi connectivity index (χ0) is 20.1. The average molecular weight is 444 g/mol. The second-order valence-corrected chi connectivity index (χ2v) is 7.91. The van der Waals surface area contributed by atoms with E-state index in [1.807, 2.05) is 12.1 Å². The molecule has 6 nitrogen and oxygen atoms in total. The number of halogens is 1. The van der Waals surface area contributed by atoms with Gasteiger partial charge in [-0.3, -0.25) is 14.9 Å². The molecule has 1 atom stereocenters. The number of hydrogen-bond acceptors (Lipinski definition) is 3. The van der Waals surface area contributed by atoms with E-state index in [2.05, 4.69) is 44.0 Å².